The molecule has 1 heterocycles. The number of halogens is 2. The van der Waals surface area contributed by atoms with Crippen molar-refractivity contribution in [1.82, 2.24) is 14.5 Å². The van der Waals surface area contributed by atoms with Gasteiger partial charge in [-0.1, -0.05) is 71.7 Å². The quantitative estimate of drug-likeness (QED) is 0.381. The Morgan fingerprint density at radius 3 is 2.31 bits per heavy atom. The summed E-state index contributed by atoms with van der Waals surface area (Å²) in [4.78, 5) is 40.8. The molecule has 1 aliphatic heterocycles. The van der Waals surface area contributed by atoms with Crippen molar-refractivity contribution in [3.05, 3.63) is 99.5 Å². The van der Waals surface area contributed by atoms with E-state index in [1.165, 1.54) is 24.1 Å². The molecule has 0 spiro atoms. The van der Waals surface area contributed by atoms with Crippen LogP contribution in [0.1, 0.15) is 34.3 Å². The number of carbonyl (C=O) groups is 3. The Hall–Kier alpha value is -3.40. The van der Waals surface area contributed by atoms with Crippen LogP contribution < -0.4 is 5.32 Å². The third-order valence-corrected chi connectivity index (χ3v) is 9.10. The Morgan fingerprint density at radius 1 is 0.949 bits per heavy atom. The average Bonchev–Trinajstić information content (AvgIpc) is 3.13. The van der Waals surface area contributed by atoms with Gasteiger partial charge in [0, 0.05) is 33.0 Å². The minimum absolute atomic E-state index is 0.0369. The molecule has 0 fully saturated rings. The number of rotatable bonds is 10. The molecule has 8 nitrogen and oxygen atoms in total. The summed E-state index contributed by atoms with van der Waals surface area (Å²) in [7, 11) is -2.47. The molecule has 4 rings (SSSR count). The normalized spacial score (nSPS) is 14.5. The van der Waals surface area contributed by atoms with Crippen molar-refractivity contribution in [3.8, 4) is 0 Å². The zero-order valence-electron chi connectivity index (χ0n) is 21.1. The van der Waals surface area contributed by atoms with E-state index in [4.69, 9.17) is 23.2 Å². The van der Waals surface area contributed by atoms with Crippen LogP contribution in [0.15, 0.2) is 77.7 Å². The van der Waals surface area contributed by atoms with Crippen molar-refractivity contribution in [1.29, 1.82) is 0 Å². The molecule has 3 aromatic rings. The Bertz CT molecular complexity index is 1500. The van der Waals surface area contributed by atoms with E-state index in [2.05, 4.69) is 5.32 Å². The van der Waals surface area contributed by atoms with E-state index in [-0.39, 0.29) is 54.6 Å². The Labute approximate surface area is 237 Å². The van der Waals surface area contributed by atoms with Crippen molar-refractivity contribution in [2.24, 2.45) is 0 Å². The van der Waals surface area contributed by atoms with Crippen LogP contribution in [-0.4, -0.2) is 55.0 Å². The number of fused-ring (bicyclic) bond motifs is 1. The van der Waals surface area contributed by atoms with Gasteiger partial charge in [0.15, 0.2) is 0 Å². The fourth-order valence-corrected chi connectivity index (χ4v) is 6.45. The van der Waals surface area contributed by atoms with Gasteiger partial charge in [0.05, 0.1) is 15.6 Å². The molecular formula is C28H27Cl2N3O5S. The first-order chi connectivity index (χ1) is 18.6. The molecule has 1 aliphatic rings. The van der Waals surface area contributed by atoms with Gasteiger partial charge in [-0.2, -0.15) is 0 Å². The zero-order valence-corrected chi connectivity index (χ0v) is 23.5. The summed E-state index contributed by atoms with van der Waals surface area (Å²) in [5.74, 6) is -1.33. The van der Waals surface area contributed by atoms with Crippen molar-refractivity contribution in [3.63, 3.8) is 0 Å². The van der Waals surface area contributed by atoms with Crippen LogP contribution in [0.4, 0.5) is 0 Å². The maximum Gasteiger partial charge on any atom is 0.269 e. The maximum atomic E-state index is 13.6. The van der Waals surface area contributed by atoms with Crippen LogP contribution in [0.25, 0.3) is 0 Å². The highest BCUT2D eigenvalue weighted by Crippen LogP contribution is 2.30. The third-order valence-electron chi connectivity index (χ3n) is 6.52. The number of benzene rings is 3. The standard InChI is InChI=1S/C28H27Cl2N3O5S/c1-31-27(35)24(17-19-8-3-2-4-9-19)32(18-20-13-14-22(29)23(30)16-20)26(34)12-7-15-33-28(36)21-10-5-6-11-25(21)39(33,37)38/h2-6,8-11,13-14,16,24H,7,12,15,17-18H2,1H3,(H,31,35)/t24-/m0/s1. The molecule has 0 bridgehead atoms. The summed E-state index contributed by atoms with van der Waals surface area (Å²) < 4.78 is 26.6. The van der Waals surface area contributed by atoms with E-state index in [0.29, 0.717) is 15.6 Å². The van der Waals surface area contributed by atoms with E-state index in [9.17, 15) is 22.8 Å². The Kier molecular flexibility index (Phi) is 8.94. The summed E-state index contributed by atoms with van der Waals surface area (Å²) in [6, 6.07) is 19.5. The summed E-state index contributed by atoms with van der Waals surface area (Å²) >= 11 is 12.3. The van der Waals surface area contributed by atoms with Gasteiger partial charge in [-0.05, 0) is 41.8 Å². The summed E-state index contributed by atoms with van der Waals surface area (Å²) in [5, 5.41) is 3.32. The Morgan fingerprint density at radius 2 is 1.64 bits per heavy atom. The summed E-state index contributed by atoms with van der Waals surface area (Å²) in [5.41, 5.74) is 1.66. The first kappa shape index (κ1) is 28.6. The van der Waals surface area contributed by atoms with E-state index in [0.717, 1.165) is 9.87 Å². The molecule has 3 aromatic carbocycles. The average molecular weight is 589 g/mol. The number of carbonyl (C=O) groups excluding carboxylic acids is 3. The highest BCUT2D eigenvalue weighted by atomic mass is 35.5. The molecule has 0 saturated carbocycles. The molecule has 11 heteroatoms. The number of nitrogens with zero attached hydrogens (tertiary/aromatic N) is 2. The second-order valence-corrected chi connectivity index (χ2v) is 11.7. The maximum absolute atomic E-state index is 13.6. The van der Waals surface area contributed by atoms with E-state index < -0.39 is 22.0 Å². The molecule has 0 aromatic heterocycles. The van der Waals surface area contributed by atoms with Gasteiger partial charge in [0.1, 0.15) is 10.9 Å². The lowest BCUT2D eigenvalue weighted by atomic mass is 10.0. The molecule has 0 saturated heterocycles. The number of sulfonamides is 1. The second-order valence-electron chi connectivity index (χ2n) is 9.07. The van der Waals surface area contributed by atoms with Gasteiger partial charge in [-0.15, -0.1) is 0 Å². The summed E-state index contributed by atoms with van der Waals surface area (Å²) in [6.45, 7) is -0.0848. The van der Waals surface area contributed by atoms with Gasteiger partial charge in [0.2, 0.25) is 11.8 Å². The van der Waals surface area contributed by atoms with Crippen LogP contribution in [0.3, 0.4) is 0 Å². The molecule has 1 N–H and O–H groups in total. The predicted octanol–water partition coefficient (Wildman–Crippen LogP) is 4.30. The van der Waals surface area contributed by atoms with E-state index in [1.807, 2.05) is 30.3 Å². The number of likely N-dealkylation sites (N-methyl/N-ethyl adjacent to an activating group) is 1. The fourth-order valence-electron chi connectivity index (χ4n) is 4.52. The number of hydrogen-bond acceptors (Lipinski definition) is 5. The van der Waals surface area contributed by atoms with E-state index >= 15 is 0 Å². The summed E-state index contributed by atoms with van der Waals surface area (Å²) in [6.07, 6.45) is 0.266. The molecule has 3 amide bonds. The molecule has 204 valence electrons. The zero-order chi connectivity index (χ0) is 28.2. The van der Waals surface area contributed by atoms with Crippen molar-refractivity contribution >= 4 is 50.9 Å². The lowest BCUT2D eigenvalue weighted by Gasteiger charge is -2.31. The number of hydrogen-bond donors (Lipinski definition) is 1. The van der Waals surface area contributed by atoms with Gasteiger partial charge in [-0.3, -0.25) is 14.4 Å². The highest BCUT2D eigenvalue weighted by molar-refractivity contribution is 7.90. The Balaban J connectivity index is 1.55. The molecule has 1 atom stereocenters. The SMILES string of the molecule is CNC(=O)[C@H](Cc1ccccc1)N(Cc1ccc(Cl)c(Cl)c1)C(=O)CCCN1C(=O)c2ccccc2S1(=O)=O. The second kappa shape index (κ2) is 12.2. The van der Waals surface area contributed by atoms with E-state index in [1.54, 1.807) is 30.3 Å². The molecule has 0 unspecified atom stereocenters. The molecule has 39 heavy (non-hydrogen) atoms. The first-order valence-corrected chi connectivity index (χ1v) is 14.5. The van der Waals surface area contributed by atoms with Gasteiger partial charge in [-0.25, -0.2) is 12.7 Å². The number of nitrogens with one attached hydrogen (secondary N) is 1. The van der Waals surface area contributed by atoms with Crippen LogP contribution >= 0.6 is 23.2 Å². The minimum Gasteiger partial charge on any atom is -0.357 e. The fraction of sp³-hybridized carbons (Fsp3) is 0.250. The van der Waals surface area contributed by atoms with Crippen molar-refractivity contribution in [2.75, 3.05) is 13.6 Å². The molecular weight excluding hydrogens is 561 g/mol. The van der Waals surface area contributed by atoms with Crippen molar-refractivity contribution in [2.45, 2.75) is 36.7 Å². The number of amides is 3. The van der Waals surface area contributed by atoms with Gasteiger partial charge >= 0.3 is 0 Å². The highest BCUT2D eigenvalue weighted by Gasteiger charge is 2.40. The van der Waals surface area contributed by atoms with Crippen LogP contribution in [0, 0.1) is 0 Å². The molecule has 0 radical (unpaired) electrons. The van der Waals surface area contributed by atoms with Gasteiger partial charge < -0.3 is 10.2 Å². The minimum atomic E-state index is -3.98. The van der Waals surface area contributed by atoms with Crippen molar-refractivity contribution < 1.29 is 22.8 Å². The molecule has 0 aliphatic carbocycles. The lowest BCUT2D eigenvalue weighted by molar-refractivity contribution is -0.141. The van der Waals surface area contributed by atoms with Crippen LogP contribution in [0.2, 0.25) is 10.0 Å². The largest absolute Gasteiger partial charge is 0.357 e. The monoisotopic (exact) mass is 587 g/mol. The lowest BCUT2D eigenvalue weighted by Crippen LogP contribution is -2.49. The van der Waals surface area contributed by atoms with Gasteiger partial charge in [0.25, 0.3) is 15.9 Å². The smallest absolute Gasteiger partial charge is 0.269 e. The first-order valence-electron chi connectivity index (χ1n) is 12.3. The predicted molar refractivity (Wildman–Crippen MR) is 149 cm³/mol. The van der Waals surface area contributed by atoms with Crippen LogP contribution in [0.5, 0.6) is 0 Å². The van der Waals surface area contributed by atoms with Crippen LogP contribution in [-0.2, 0) is 32.6 Å². The topological polar surface area (TPSA) is 104 Å². The third kappa shape index (κ3) is 6.27.